The Morgan fingerprint density at radius 2 is 1.67 bits per heavy atom. The monoisotopic (exact) mass is 468 g/mol. The number of amides is 1. The number of rotatable bonds is 6. The quantitative estimate of drug-likeness (QED) is 0.576. The topological polar surface area (TPSA) is 105 Å². The summed E-state index contributed by atoms with van der Waals surface area (Å²) in [5.41, 5.74) is 0.732. The molecule has 30 heavy (non-hydrogen) atoms. The zero-order valence-electron chi connectivity index (χ0n) is 16.3. The van der Waals surface area contributed by atoms with Crippen molar-refractivity contribution in [2.24, 2.45) is 0 Å². The highest BCUT2D eigenvalue weighted by Crippen LogP contribution is 2.27. The van der Waals surface area contributed by atoms with E-state index in [0.717, 1.165) is 0 Å². The summed E-state index contributed by atoms with van der Waals surface area (Å²) in [6.45, 7) is 3.55. The summed E-state index contributed by atoms with van der Waals surface area (Å²) < 4.78 is 31.7. The van der Waals surface area contributed by atoms with E-state index in [1.54, 1.807) is 32.0 Å². The van der Waals surface area contributed by atoms with Gasteiger partial charge in [-0.1, -0.05) is 28.3 Å². The van der Waals surface area contributed by atoms with Gasteiger partial charge in [0.15, 0.2) is 0 Å². The maximum absolute atomic E-state index is 12.5. The Kier molecular flexibility index (Phi) is 6.47. The molecule has 1 heterocycles. The van der Waals surface area contributed by atoms with Gasteiger partial charge in [-0.25, -0.2) is 8.42 Å². The summed E-state index contributed by atoms with van der Waals surface area (Å²) in [6.07, 6.45) is 0. The molecule has 0 radical (unpaired) electrons. The minimum atomic E-state index is -3.63. The molecule has 1 N–H and O–H groups in total. The van der Waals surface area contributed by atoms with Gasteiger partial charge < -0.3 is 4.42 Å². The molecule has 3 aromatic rings. The van der Waals surface area contributed by atoms with E-state index in [2.05, 4.69) is 15.5 Å². The Morgan fingerprint density at radius 1 is 1.07 bits per heavy atom. The predicted molar refractivity (Wildman–Crippen MR) is 114 cm³/mol. The van der Waals surface area contributed by atoms with Gasteiger partial charge in [-0.3, -0.25) is 10.1 Å². The summed E-state index contributed by atoms with van der Waals surface area (Å²) in [4.78, 5) is 12.5. The molecular formula is C19H18Cl2N4O4S. The Morgan fingerprint density at radius 3 is 2.23 bits per heavy atom. The molecule has 0 saturated carbocycles. The summed E-state index contributed by atoms with van der Waals surface area (Å²) >= 11 is 11.9. The molecule has 1 amide bonds. The van der Waals surface area contributed by atoms with Crippen LogP contribution in [0.4, 0.5) is 6.01 Å². The second kappa shape index (κ2) is 8.73. The third-order valence-electron chi connectivity index (χ3n) is 4.28. The molecule has 0 bridgehead atoms. The van der Waals surface area contributed by atoms with Crippen LogP contribution in [0.2, 0.25) is 10.0 Å². The van der Waals surface area contributed by atoms with E-state index in [0.29, 0.717) is 15.6 Å². The third-order valence-corrected chi connectivity index (χ3v) is 6.76. The number of benzene rings is 2. The van der Waals surface area contributed by atoms with Crippen molar-refractivity contribution in [3.8, 4) is 11.5 Å². The van der Waals surface area contributed by atoms with Crippen molar-refractivity contribution in [1.29, 1.82) is 0 Å². The first-order chi connectivity index (χ1) is 14.1. The van der Waals surface area contributed by atoms with Crippen LogP contribution < -0.4 is 5.32 Å². The van der Waals surface area contributed by atoms with Crippen LogP contribution in [0.25, 0.3) is 11.5 Å². The van der Waals surface area contributed by atoms with Crippen LogP contribution in [0, 0.1) is 0 Å². The fourth-order valence-electron chi connectivity index (χ4n) is 2.46. The number of carbonyl (C=O) groups excluding carboxylic acids is 1. The fraction of sp³-hybridized carbons (Fsp3) is 0.211. The fourth-order valence-corrected chi connectivity index (χ4v) is 4.35. The third kappa shape index (κ3) is 4.81. The van der Waals surface area contributed by atoms with E-state index in [4.69, 9.17) is 27.6 Å². The number of anilines is 1. The van der Waals surface area contributed by atoms with Crippen molar-refractivity contribution in [3.05, 3.63) is 58.1 Å². The SMILES string of the molecule is CC(C)N(C)S(=O)(=O)c1ccc(C(=O)Nc2nnc(-c3cc(Cl)cc(Cl)c3)o2)cc1. The molecule has 0 spiro atoms. The molecule has 3 rings (SSSR count). The molecule has 0 aliphatic heterocycles. The molecule has 0 aliphatic rings. The molecule has 1 aromatic heterocycles. The highest BCUT2D eigenvalue weighted by Gasteiger charge is 2.23. The van der Waals surface area contributed by atoms with Crippen molar-refractivity contribution in [2.45, 2.75) is 24.8 Å². The first-order valence-electron chi connectivity index (χ1n) is 8.77. The van der Waals surface area contributed by atoms with Gasteiger partial charge in [0.2, 0.25) is 15.9 Å². The first-order valence-corrected chi connectivity index (χ1v) is 11.0. The predicted octanol–water partition coefficient (Wildman–Crippen LogP) is 4.32. The summed E-state index contributed by atoms with van der Waals surface area (Å²) in [5.74, 6) is -0.400. The standard InChI is InChI=1S/C19H18Cl2N4O4S/c1-11(2)25(3)30(27,28)16-6-4-12(5-7-16)17(26)22-19-24-23-18(29-19)13-8-14(20)10-15(21)9-13/h4-11H,1-3H3,(H,22,24,26). The lowest BCUT2D eigenvalue weighted by atomic mass is 10.2. The normalized spacial score (nSPS) is 11.8. The zero-order valence-corrected chi connectivity index (χ0v) is 18.6. The molecule has 8 nitrogen and oxygen atoms in total. The highest BCUT2D eigenvalue weighted by atomic mass is 35.5. The number of aromatic nitrogens is 2. The molecule has 11 heteroatoms. The number of halogens is 2. The highest BCUT2D eigenvalue weighted by molar-refractivity contribution is 7.89. The second-order valence-corrected chi connectivity index (χ2v) is 9.53. The second-order valence-electron chi connectivity index (χ2n) is 6.66. The smallest absolute Gasteiger partial charge is 0.322 e. The van der Waals surface area contributed by atoms with Gasteiger partial charge in [0.25, 0.3) is 5.91 Å². The van der Waals surface area contributed by atoms with Gasteiger partial charge in [0, 0.05) is 34.3 Å². The summed E-state index contributed by atoms with van der Waals surface area (Å²) in [6, 6.07) is 10.00. The van der Waals surface area contributed by atoms with Gasteiger partial charge in [-0.05, 0) is 56.3 Å². The van der Waals surface area contributed by atoms with Crippen LogP contribution in [-0.2, 0) is 10.0 Å². The largest absolute Gasteiger partial charge is 0.403 e. The molecular weight excluding hydrogens is 451 g/mol. The first kappa shape index (κ1) is 22.2. The number of hydrogen-bond donors (Lipinski definition) is 1. The van der Waals surface area contributed by atoms with Gasteiger partial charge in [0.05, 0.1) is 4.90 Å². The number of nitrogens with zero attached hydrogens (tertiary/aromatic N) is 3. The van der Waals surface area contributed by atoms with E-state index in [-0.39, 0.29) is 28.4 Å². The lowest BCUT2D eigenvalue weighted by Crippen LogP contribution is -2.33. The van der Waals surface area contributed by atoms with Crippen LogP contribution >= 0.6 is 23.2 Å². The van der Waals surface area contributed by atoms with E-state index >= 15 is 0 Å². The molecule has 0 saturated heterocycles. The molecule has 0 atom stereocenters. The van der Waals surface area contributed by atoms with E-state index in [1.165, 1.54) is 35.6 Å². The van der Waals surface area contributed by atoms with Crippen molar-refractivity contribution in [1.82, 2.24) is 14.5 Å². The van der Waals surface area contributed by atoms with Crippen molar-refractivity contribution >= 4 is 45.1 Å². The number of carbonyl (C=O) groups is 1. The van der Waals surface area contributed by atoms with E-state index in [1.807, 2.05) is 0 Å². The lowest BCUT2D eigenvalue weighted by molar-refractivity contribution is 0.102. The van der Waals surface area contributed by atoms with Crippen LogP contribution in [-0.4, -0.2) is 41.9 Å². The van der Waals surface area contributed by atoms with Crippen molar-refractivity contribution in [2.75, 3.05) is 12.4 Å². The Balaban J connectivity index is 1.75. The maximum atomic E-state index is 12.5. The maximum Gasteiger partial charge on any atom is 0.322 e. The van der Waals surface area contributed by atoms with E-state index < -0.39 is 15.9 Å². The summed E-state index contributed by atoms with van der Waals surface area (Å²) in [7, 11) is -2.13. The Hall–Kier alpha value is -2.46. The van der Waals surface area contributed by atoms with Crippen molar-refractivity contribution < 1.29 is 17.6 Å². The van der Waals surface area contributed by atoms with E-state index in [9.17, 15) is 13.2 Å². The van der Waals surface area contributed by atoms with Gasteiger partial charge in [-0.2, -0.15) is 4.31 Å². The minimum absolute atomic E-state index is 0.0909. The molecule has 2 aromatic carbocycles. The average Bonchev–Trinajstić information content (AvgIpc) is 3.15. The van der Waals surface area contributed by atoms with Gasteiger partial charge >= 0.3 is 6.01 Å². The number of sulfonamides is 1. The van der Waals surface area contributed by atoms with Crippen LogP contribution in [0.5, 0.6) is 0 Å². The lowest BCUT2D eigenvalue weighted by Gasteiger charge is -2.20. The molecule has 0 fully saturated rings. The molecule has 158 valence electrons. The number of nitrogens with one attached hydrogen (secondary N) is 1. The number of hydrogen-bond acceptors (Lipinski definition) is 6. The molecule has 0 aliphatic carbocycles. The van der Waals surface area contributed by atoms with Gasteiger partial charge in [-0.15, -0.1) is 5.10 Å². The minimum Gasteiger partial charge on any atom is -0.403 e. The Bertz CT molecular complexity index is 1160. The average molecular weight is 469 g/mol. The van der Waals surface area contributed by atoms with Crippen LogP contribution in [0.15, 0.2) is 51.8 Å². The van der Waals surface area contributed by atoms with Crippen LogP contribution in [0.1, 0.15) is 24.2 Å². The van der Waals surface area contributed by atoms with Gasteiger partial charge in [0.1, 0.15) is 0 Å². The molecule has 0 unspecified atom stereocenters. The Labute approximate surface area is 183 Å². The van der Waals surface area contributed by atoms with Crippen molar-refractivity contribution in [3.63, 3.8) is 0 Å². The summed E-state index contributed by atoms with van der Waals surface area (Å²) in [5, 5.41) is 10.9. The zero-order chi connectivity index (χ0) is 22.1. The van der Waals surface area contributed by atoms with Crippen LogP contribution in [0.3, 0.4) is 0 Å².